The minimum absolute atomic E-state index is 0.148. The maximum Gasteiger partial charge on any atom is 0.223 e. The number of nitrogens with two attached hydrogens (primary N) is 1. The highest BCUT2D eigenvalue weighted by molar-refractivity contribution is 6.29. The smallest absolute Gasteiger partial charge is 0.223 e. The molecule has 0 saturated carbocycles. The van der Waals surface area contributed by atoms with Crippen molar-refractivity contribution >= 4 is 23.4 Å². The Morgan fingerprint density at radius 3 is 2.82 bits per heavy atom. The Morgan fingerprint density at radius 2 is 2.27 bits per heavy atom. The van der Waals surface area contributed by atoms with Crippen LogP contribution in [0.2, 0.25) is 5.15 Å². The van der Waals surface area contributed by atoms with Gasteiger partial charge in [0.05, 0.1) is 0 Å². The SMILES string of the molecule is CNNc1cc(Cl)nc(N)n1. The van der Waals surface area contributed by atoms with Gasteiger partial charge < -0.3 is 11.2 Å². The van der Waals surface area contributed by atoms with Gasteiger partial charge in [0, 0.05) is 13.1 Å². The van der Waals surface area contributed by atoms with E-state index in [0.29, 0.717) is 11.0 Å². The number of nitrogen functional groups attached to an aromatic ring is 1. The summed E-state index contributed by atoms with van der Waals surface area (Å²) in [6.45, 7) is 0. The fraction of sp³-hybridized carbons (Fsp3) is 0.200. The van der Waals surface area contributed by atoms with Gasteiger partial charge in [-0.25, -0.2) is 10.4 Å². The Hall–Kier alpha value is -1.07. The molecule has 1 rings (SSSR count). The van der Waals surface area contributed by atoms with Gasteiger partial charge in [0.15, 0.2) is 0 Å². The van der Waals surface area contributed by atoms with Gasteiger partial charge in [0.25, 0.3) is 0 Å². The standard InChI is InChI=1S/C5H8ClN5/c1-8-11-4-2-3(6)9-5(7)10-4/h2,8H,1H3,(H3,7,9,10,11). The molecule has 0 aromatic carbocycles. The van der Waals surface area contributed by atoms with Gasteiger partial charge in [-0.2, -0.15) is 4.98 Å². The second-order valence-corrected chi connectivity index (χ2v) is 2.20. The number of rotatable bonds is 2. The fourth-order valence-electron chi connectivity index (χ4n) is 0.627. The van der Waals surface area contributed by atoms with Gasteiger partial charge in [-0.1, -0.05) is 11.6 Å². The number of anilines is 2. The van der Waals surface area contributed by atoms with Crippen LogP contribution in [-0.4, -0.2) is 17.0 Å². The van der Waals surface area contributed by atoms with E-state index in [-0.39, 0.29) is 5.95 Å². The zero-order valence-electron chi connectivity index (χ0n) is 5.93. The summed E-state index contributed by atoms with van der Waals surface area (Å²) < 4.78 is 0. The van der Waals surface area contributed by atoms with E-state index in [2.05, 4.69) is 20.8 Å². The van der Waals surface area contributed by atoms with Crippen LogP contribution in [0.1, 0.15) is 0 Å². The molecule has 0 unspecified atom stereocenters. The second kappa shape index (κ2) is 3.36. The van der Waals surface area contributed by atoms with E-state index < -0.39 is 0 Å². The lowest BCUT2D eigenvalue weighted by Gasteiger charge is -2.02. The third kappa shape index (κ3) is 2.21. The van der Waals surface area contributed by atoms with E-state index in [9.17, 15) is 0 Å². The molecule has 0 aliphatic rings. The summed E-state index contributed by atoms with van der Waals surface area (Å²) in [4.78, 5) is 7.51. The highest BCUT2D eigenvalue weighted by atomic mass is 35.5. The van der Waals surface area contributed by atoms with E-state index in [1.807, 2.05) is 0 Å². The van der Waals surface area contributed by atoms with Crippen molar-refractivity contribution in [2.45, 2.75) is 0 Å². The molecule has 11 heavy (non-hydrogen) atoms. The molecule has 60 valence electrons. The molecule has 0 radical (unpaired) electrons. The van der Waals surface area contributed by atoms with Gasteiger partial charge in [0.2, 0.25) is 5.95 Å². The summed E-state index contributed by atoms with van der Waals surface area (Å²) in [5.41, 5.74) is 10.7. The van der Waals surface area contributed by atoms with Crippen LogP contribution in [0.15, 0.2) is 6.07 Å². The Balaban J connectivity index is 2.89. The van der Waals surface area contributed by atoms with Gasteiger partial charge in [-0.05, 0) is 0 Å². The maximum atomic E-state index is 5.59. The molecule has 0 atom stereocenters. The van der Waals surface area contributed by atoms with Crippen molar-refractivity contribution in [1.29, 1.82) is 0 Å². The van der Waals surface area contributed by atoms with Crippen molar-refractivity contribution in [3.05, 3.63) is 11.2 Å². The van der Waals surface area contributed by atoms with Crippen LogP contribution >= 0.6 is 11.6 Å². The van der Waals surface area contributed by atoms with Crippen LogP contribution in [0.5, 0.6) is 0 Å². The fourth-order valence-corrected chi connectivity index (χ4v) is 0.817. The topological polar surface area (TPSA) is 75.9 Å². The summed E-state index contributed by atoms with van der Waals surface area (Å²) in [5.74, 6) is 0.695. The summed E-state index contributed by atoms with van der Waals surface area (Å²) >= 11 is 5.59. The molecule has 0 bridgehead atoms. The Bertz CT molecular complexity index is 230. The Kier molecular flexibility index (Phi) is 2.45. The highest BCUT2D eigenvalue weighted by Gasteiger charge is 1.97. The lowest BCUT2D eigenvalue weighted by atomic mass is 10.6. The number of halogens is 1. The molecule has 0 spiro atoms. The first-order chi connectivity index (χ1) is 5.22. The molecule has 5 nitrogen and oxygen atoms in total. The first kappa shape index (κ1) is 8.03. The Labute approximate surface area is 68.9 Å². The third-order valence-electron chi connectivity index (χ3n) is 0.965. The van der Waals surface area contributed by atoms with Crippen LogP contribution in [0.25, 0.3) is 0 Å². The molecule has 6 heteroatoms. The van der Waals surface area contributed by atoms with E-state index in [1.54, 1.807) is 13.1 Å². The van der Waals surface area contributed by atoms with E-state index in [0.717, 1.165) is 0 Å². The average Bonchev–Trinajstić information content (AvgIpc) is 1.85. The molecule has 0 aliphatic carbocycles. The molecule has 1 aromatic heterocycles. The molecule has 4 N–H and O–H groups in total. The van der Waals surface area contributed by atoms with Crippen molar-refractivity contribution in [1.82, 2.24) is 15.4 Å². The first-order valence-electron chi connectivity index (χ1n) is 2.95. The molecule has 1 aromatic rings. The highest BCUT2D eigenvalue weighted by Crippen LogP contribution is 2.10. The van der Waals surface area contributed by atoms with Crippen molar-refractivity contribution in [3.8, 4) is 0 Å². The summed E-state index contributed by atoms with van der Waals surface area (Å²) in [5, 5.41) is 0.315. The van der Waals surface area contributed by atoms with Crippen LogP contribution in [0.4, 0.5) is 11.8 Å². The molecule has 0 amide bonds. The minimum atomic E-state index is 0.148. The minimum Gasteiger partial charge on any atom is -0.368 e. The molecular weight excluding hydrogens is 166 g/mol. The number of hydrazine groups is 1. The quantitative estimate of drug-likeness (QED) is 0.442. The monoisotopic (exact) mass is 173 g/mol. The predicted octanol–water partition coefficient (Wildman–Crippen LogP) is 0.258. The van der Waals surface area contributed by atoms with Crippen molar-refractivity contribution in [2.75, 3.05) is 18.2 Å². The van der Waals surface area contributed by atoms with Crippen molar-refractivity contribution < 1.29 is 0 Å². The van der Waals surface area contributed by atoms with E-state index in [1.165, 1.54) is 0 Å². The molecule has 0 aliphatic heterocycles. The van der Waals surface area contributed by atoms with Gasteiger partial charge in [-0.15, -0.1) is 0 Å². The second-order valence-electron chi connectivity index (χ2n) is 1.81. The Morgan fingerprint density at radius 1 is 1.55 bits per heavy atom. The van der Waals surface area contributed by atoms with E-state index in [4.69, 9.17) is 17.3 Å². The van der Waals surface area contributed by atoms with Crippen LogP contribution in [0, 0.1) is 0 Å². The lowest BCUT2D eigenvalue weighted by molar-refractivity contribution is 0.960. The molecular formula is C5H8ClN5. The first-order valence-corrected chi connectivity index (χ1v) is 3.33. The third-order valence-corrected chi connectivity index (χ3v) is 1.16. The largest absolute Gasteiger partial charge is 0.368 e. The van der Waals surface area contributed by atoms with Crippen LogP contribution < -0.4 is 16.6 Å². The van der Waals surface area contributed by atoms with Gasteiger partial charge >= 0.3 is 0 Å². The maximum absolute atomic E-state index is 5.59. The van der Waals surface area contributed by atoms with E-state index >= 15 is 0 Å². The van der Waals surface area contributed by atoms with Crippen LogP contribution in [0.3, 0.4) is 0 Å². The van der Waals surface area contributed by atoms with Gasteiger partial charge in [0.1, 0.15) is 11.0 Å². The molecule has 0 saturated heterocycles. The lowest BCUT2D eigenvalue weighted by Crippen LogP contribution is -2.16. The molecule has 1 heterocycles. The predicted molar refractivity (Wildman–Crippen MR) is 44.1 cm³/mol. The number of aromatic nitrogens is 2. The van der Waals surface area contributed by atoms with Crippen molar-refractivity contribution in [3.63, 3.8) is 0 Å². The zero-order chi connectivity index (χ0) is 8.27. The normalized spacial score (nSPS) is 9.64. The summed E-state index contributed by atoms with van der Waals surface area (Å²) in [7, 11) is 1.71. The van der Waals surface area contributed by atoms with Crippen LogP contribution in [-0.2, 0) is 0 Å². The number of hydrogen-bond donors (Lipinski definition) is 3. The van der Waals surface area contributed by atoms with Gasteiger partial charge in [-0.3, -0.25) is 0 Å². The summed E-state index contributed by atoms with van der Waals surface area (Å²) in [6, 6.07) is 1.56. The zero-order valence-corrected chi connectivity index (χ0v) is 6.68. The summed E-state index contributed by atoms with van der Waals surface area (Å²) in [6.07, 6.45) is 0. The van der Waals surface area contributed by atoms with Crippen molar-refractivity contribution in [2.24, 2.45) is 0 Å². The number of nitrogens with zero attached hydrogens (tertiary/aromatic N) is 2. The number of nitrogens with one attached hydrogen (secondary N) is 2. The molecule has 0 fully saturated rings. The average molecular weight is 174 g/mol. The number of hydrogen-bond acceptors (Lipinski definition) is 5.